The number of likely N-dealkylation sites (tertiary alicyclic amines) is 1. The Morgan fingerprint density at radius 1 is 1.23 bits per heavy atom. The highest BCUT2D eigenvalue weighted by Crippen LogP contribution is 2.53. The third kappa shape index (κ3) is 3.50. The van der Waals surface area contributed by atoms with Gasteiger partial charge in [-0.05, 0) is 50.2 Å². The Morgan fingerprint density at radius 3 is 2.62 bits per heavy atom. The zero-order chi connectivity index (χ0) is 18.3. The topological polar surface area (TPSA) is 84.1 Å². The molecule has 2 aliphatic rings. The lowest BCUT2D eigenvalue weighted by Crippen LogP contribution is -2.45. The van der Waals surface area contributed by atoms with Crippen molar-refractivity contribution in [3.05, 3.63) is 22.3 Å². The molecule has 1 amide bonds. The van der Waals surface area contributed by atoms with Crippen LogP contribution in [0.25, 0.3) is 11.6 Å². The number of nitrogens with one attached hydrogen (secondary N) is 1. The summed E-state index contributed by atoms with van der Waals surface area (Å²) in [6.07, 6.45) is 4.85. The van der Waals surface area contributed by atoms with Crippen molar-refractivity contribution in [2.45, 2.75) is 38.6 Å². The fourth-order valence-corrected chi connectivity index (χ4v) is 3.58. The molecule has 9 heteroatoms. The number of pyridine rings is 1. The van der Waals surface area contributed by atoms with Crippen LogP contribution in [-0.4, -0.2) is 45.1 Å². The van der Waals surface area contributed by atoms with Crippen LogP contribution in [0.4, 0.5) is 6.01 Å². The molecule has 1 saturated carbocycles. The van der Waals surface area contributed by atoms with Gasteiger partial charge in [-0.1, -0.05) is 28.3 Å². The molecule has 1 atom stereocenters. The zero-order valence-electron chi connectivity index (χ0n) is 14.3. The fourth-order valence-electron chi connectivity index (χ4n) is 3.32. The molecule has 0 unspecified atom stereocenters. The molecule has 26 heavy (non-hydrogen) atoms. The van der Waals surface area contributed by atoms with Gasteiger partial charge in [-0.2, -0.15) is 0 Å². The molecular formula is C17H19Cl2N5O2. The van der Waals surface area contributed by atoms with E-state index in [4.69, 9.17) is 27.6 Å². The van der Waals surface area contributed by atoms with Crippen molar-refractivity contribution >= 4 is 35.1 Å². The summed E-state index contributed by atoms with van der Waals surface area (Å²) in [6, 6.07) is 2.97. The van der Waals surface area contributed by atoms with Crippen LogP contribution in [0.2, 0.25) is 10.2 Å². The van der Waals surface area contributed by atoms with E-state index in [0.29, 0.717) is 16.1 Å². The molecule has 0 aromatic carbocycles. The van der Waals surface area contributed by atoms with E-state index in [-0.39, 0.29) is 23.0 Å². The highest BCUT2D eigenvalue weighted by Gasteiger charge is 2.45. The minimum absolute atomic E-state index is 0.0490. The van der Waals surface area contributed by atoms with Crippen LogP contribution in [-0.2, 0) is 4.79 Å². The first-order valence-electron chi connectivity index (χ1n) is 8.67. The SMILES string of the molecule is C[C@H](Nc1nnc(-c2ccc(Cl)c(Cl)n2)o1)C(=O)N1CCC2(CC1)CC2. The lowest BCUT2D eigenvalue weighted by molar-refractivity contribution is -0.133. The van der Waals surface area contributed by atoms with Crippen LogP contribution < -0.4 is 5.32 Å². The molecule has 3 heterocycles. The molecule has 1 aliphatic carbocycles. The molecule has 2 fully saturated rings. The van der Waals surface area contributed by atoms with Gasteiger partial charge in [-0.3, -0.25) is 4.79 Å². The van der Waals surface area contributed by atoms with Gasteiger partial charge < -0.3 is 14.6 Å². The van der Waals surface area contributed by atoms with E-state index < -0.39 is 6.04 Å². The van der Waals surface area contributed by atoms with Crippen molar-refractivity contribution in [3.8, 4) is 11.6 Å². The molecule has 1 aliphatic heterocycles. The molecule has 0 bridgehead atoms. The number of carbonyl (C=O) groups is 1. The minimum Gasteiger partial charge on any atom is -0.402 e. The summed E-state index contributed by atoms with van der Waals surface area (Å²) in [5, 5.41) is 11.4. The molecule has 1 saturated heterocycles. The van der Waals surface area contributed by atoms with E-state index in [1.165, 1.54) is 12.8 Å². The number of carbonyl (C=O) groups excluding carboxylic acids is 1. The van der Waals surface area contributed by atoms with Crippen LogP contribution in [0.3, 0.4) is 0 Å². The summed E-state index contributed by atoms with van der Waals surface area (Å²) >= 11 is 11.8. The van der Waals surface area contributed by atoms with Gasteiger partial charge in [-0.15, -0.1) is 5.10 Å². The average Bonchev–Trinajstić information content (AvgIpc) is 3.22. The van der Waals surface area contributed by atoms with E-state index in [2.05, 4.69) is 20.5 Å². The number of anilines is 1. The summed E-state index contributed by atoms with van der Waals surface area (Å²) in [7, 11) is 0. The van der Waals surface area contributed by atoms with Gasteiger partial charge in [0.1, 0.15) is 16.9 Å². The quantitative estimate of drug-likeness (QED) is 0.795. The molecule has 1 spiro atoms. The molecule has 2 aromatic heterocycles. The number of halogens is 2. The lowest BCUT2D eigenvalue weighted by Gasteiger charge is -2.33. The number of amides is 1. The van der Waals surface area contributed by atoms with Crippen molar-refractivity contribution in [1.29, 1.82) is 0 Å². The molecular weight excluding hydrogens is 377 g/mol. The maximum Gasteiger partial charge on any atom is 0.316 e. The Labute approximate surface area is 161 Å². The van der Waals surface area contributed by atoms with Crippen molar-refractivity contribution in [1.82, 2.24) is 20.1 Å². The van der Waals surface area contributed by atoms with E-state index in [1.807, 2.05) is 4.90 Å². The maximum absolute atomic E-state index is 12.6. The minimum atomic E-state index is -0.446. The molecule has 2 aromatic rings. The summed E-state index contributed by atoms with van der Waals surface area (Å²) < 4.78 is 5.55. The zero-order valence-corrected chi connectivity index (χ0v) is 15.8. The molecule has 1 N–H and O–H groups in total. The van der Waals surface area contributed by atoms with E-state index in [0.717, 1.165) is 25.9 Å². The van der Waals surface area contributed by atoms with Crippen LogP contribution >= 0.6 is 23.2 Å². The van der Waals surface area contributed by atoms with Crippen molar-refractivity contribution in [2.24, 2.45) is 5.41 Å². The van der Waals surface area contributed by atoms with E-state index in [9.17, 15) is 4.79 Å². The third-order valence-electron chi connectivity index (χ3n) is 5.25. The standard InChI is InChI=1S/C17H19Cl2N5O2/c1-10(15(25)24-8-6-17(4-5-17)7-9-24)20-16-23-22-14(26-16)12-3-2-11(18)13(19)21-12/h2-3,10H,4-9H2,1H3,(H,20,23)/t10-/m0/s1. The highest BCUT2D eigenvalue weighted by atomic mass is 35.5. The average molecular weight is 396 g/mol. The second-order valence-electron chi connectivity index (χ2n) is 7.07. The van der Waals surface area contributed by atoms with Gasteiger partial charge >= 0.3 is 6.01 Å². The number of piperidine rings is 1. The van der Waals surface area contributed by atoms with Gasteiger partial charge in [0.25, 0.3) is 5.89 Å². The van der Waals surface area contributed by atoms with Gasteiger partial charge in [0.2, 0.25) is 5.91 Å². The van der Waals surface area contributed by atoms with Gasteiger partial charge in [0.05, 0.1) is 5.02 Å². The number of nitrogens with zero attached hydrogens (tertiary/aromatic N) is 4. The lowest BCUT2D eigenvalue weighted by atomic mass is 9.93. The highest BCUT2D eigenvalue weighted by molar-refractivity contribution is 6.41. The van der Waals surface area contributed by atoms with Gasteiger partial charge in [-0.25, -0.2) is 4.98 Å². The van der Waals surface area contributed by atoms with E-state index >= 15 is 0 Å². The second-order valence-corrected chi connectivity index (χ2v) is 7.84. The number of hydrogen-bond donors (Lipinski definition) is 1. The largest absolute Gasteiger partial charge is 0.402 e. The number of aromatic nitrogens is 3. The van der Waals surface area contributed by atoms with Crippen LogP contribution in [0, 0.1) is 5.41 Å². The summed E-state index contributed by atoms with van der Waals surface area (Å²) in [5.74, 6) is 0.257. The Bertz CT molecular complexity index is 826. The van der Waals surface area contributed by atoms with Crippen LogP contribution in [0.1, 0.15) is 32.6 Å². The number of rotatable bonds is 4. The Balaban J connectivity index is 1.38. The van der Waals surface area contributed by atoms with Crippen LogP contribution in [0.5, 0.6) is 0 Å². The fraction of sp³-hybridized carbons (Fsp3) is 0.529. The summed E-state index contributed by atoms with van der Waals surface area (Å²) in [4.78, 5) is 18.6. The Morgan fingerprint density at radius 2 is 1.96 bits per heavy atom. The third-order valence-corrected chi connectivity index (χ3v) is 5.94. The monoisotopic (exact) mass is 395 g/mol. The maximum atomic E-state index is 12.6. The van der Waals surface area contributed by atoms with Gasteiger partial charge in [0.15, 0.2) is 0 Å². The first-order chi connectivity index (χ1) is 12.5. The second kappa shape index (κ2) is 6.70. The summed E-state index contributed by atoms with van der Waals surface area (Å²) in [6.45, 7) is 3.45. The summed E-state index contributed by atoms with van der Waals surface area (Å²) in [5.41, 5.74) is 0.964. The first-order valence-corrected chi connectivity index (χ1v) is 9.43. The normalized spacial score (nSPS) is 19.4. The van der Waals surface area contributed by atoms with Crippen LogP contribution in [0.15, 0.2) is 16.5 Å². The predicted octanol–water partition coefficient (Wildman–Crippen LogP) is 3.64. The number of hydrogen-bond acceptors (Lipinski definition) is 6. The Hall–Kier alpha value is -1.86. The van der Waals surface area contributed by atoms with Gasteiger partial charge in [0, 0.05) is 13.1 Å². The molecule has 4 rings (SSSR count). The van der Waals surface area contributed by atoms with Crippen molar-refractivity contribution in [3.63, 3.8) is 0 Å². The predicted molar refractivity (Wildman–Crippen MR) is 98.1 cm³/mol. The smallest absolute Gasteiger partial charge is 0.316 e. The van der Waals surface area contributed by atoms with E-state index in [1.54, 1.807) is 19.1 Å². The molecule has 138 valence electrons. The molecule has 7 nitrogen and oxygen atoms in total. The first kappa shape index (κ1) is 17.5. The van der Waals surface area contributed by atoms with Crippen molar-refractivity contribution < 1.29 is 9.21 Å². The molecule has 0 radical (unpaired) electrons. The Kier molecular flexibility index (Phi) is 4.52. The van der Waals surface area contributed by atoms with Crippen molar-refractivity contribution in [2.75, 3.05) is 18.4 Å².